The Bertz CT molecular complexity index is 605. The van der Waals surface area contributed by atoms with E-state index in [0.717, 1.165) is 18.7 Å². The number of benzene rings is 2. The maximum absolute atomic E-state index is 10.7. The van der Waals surface area contributed by atoms with E-state index in [1.54, 1.807) is 12.1 Å². The molecule has 0 unspecified atom stereocenters. The van der Waals surface area contributed by atoms with E-state index < -0.39 is 4.92 Å². The average molecular weight is 316 g/mol. The largest absolute Gasteiger partial charge is 0.494 e. The van der Waals surface area contributed by atoms with Crippen LogP contribution in [-0.4, -0.2) is 31.2 Å². The summed E-state index contributed by atoms with van der Waals surface area (Å²) < 4.78 is 11.1. The molecule has 6 nitrogen and oxygen atoms in total. The van der Waals surface area contributed by atoms with Crippen LogP contribution in [0.1, 0.15) is 6.42 Å². The standard InChI is InChI=1S/C17H20N2O4/c20-19(21)15-6-4-9-17(14-15)23-13-11-18-10-5-12-22-16-7-2-1-3-8-16/h1-4,6-9,14,18H,5,10-13H2. The lowest BCUT2D eigenvalue weighted by molar-refractivity contribution is -0.384. The molecule has 0 heterocycles. The number of nitro groups is 1. The molecule has 0 bridgehead atoms. The van der Waals surface area contributed by atoms with Gasteiger partial charge in [0.2, 0.25) is 0 Å². The molecule has 1 N–H and O–H groups in total. The number of hydrogen-bond acceptors (Lipinski definition) is 5. The summed E-state index contributed by atoms with van der Waals surface area (Å²) in [6.07, 6.45) is 0.895. The van der Waals surface area contributed by atoms with E-state index in [9.17, 15) is 10.1 Å². The first-order valence-electron chi connectivity index (χ1n) is 7.51. The first-order chi connectivity index (χ1) is 11.3. The van der Waals surface area contributed by atoms with E-state index in [2.05, 4.69) is 5.32 Å². The normalized spacial score (nSPS) is 10.3. The van der Waals surface area contributed by atoms with Crippen molar-refractivity contribution in [2.75, 3.05) is 26.3 Å². The van der Waals surface area contributed by atoms with E-state index >= 15 is 0 Å². The average Bonchev–Trinajstić information content (AvgIpc) is 2.58. The summed E-state index contributed by atoms with van der Waals surface area (Å²) in [4.78, 5) is 10.2. The van der Waals surface area contributed by atoms with Crippen molar-refractivity contribution in [1.29, 1.82) is 0 Å². The molecule has 0 atom stereocenters. The Kier molecular flexibility index (Phi) is 6.87. The molecule has 0 fully saturated rings. The summed E-state index contributed by atoms with van der Waals surface area (Å²) >= 11 is 0. The van der Waals surface area contributed by atoms with Crippen LogP contribution in [0.5, 0.6) is 11.5 Å². The van der Waals surface area contributed by atoms with Crippen LogP contribution in [0.4, 0.5) is 5.69 Å². The minimum absolute atomic E-state index is 0.0357. The van der Waals surface area contributed by atoms with Crippen LogP contribution in [0.3, 0.4) is 0 Å². The summed E-state index contributed by atoms with van der Waals surface area (Å²) in [5.74, 6) is 1.38. The van der Waals surface area contributed by atoms with Crippen LogP contribution >= 0.6 is 0 Å². The van der Waals surface area contributed by atoms with Crippen molar-refractivity contribution in [3.8, 4) is 11.5 Å². The maximum Gasteiger partial charge on any atom is 0.273 e. The van der Waals surface area contributed by atoms with Gasteiger partial charge in [0.1, 0.15) is 18.1 Å². The van der Waals surface area contributed by atoms with Crippen LogP contribution in [0.2, 0.25) is 0 Å². The van der Waals surface area contributed by atoms with Crippen molar-refractivity contribution in [3.63, 3.8) is 0 Å². The van der Waals surface area contributed by atoms with Crippen molar-refractivity contribution >= 4 is 5.69 Å². The number of rotatable bonds is 10. The summed E-state index contributed by atoms with van der Waals surface area (Å²) in [7, 11) is 0. The lowest BCUT2D eigenvalue weighted by atomic mass is 10.3. The number of ether oxygens (including phenoxy) is 2. The Hall–Kier alpha value is -2.60. The van der Waals surface area contributed by atoms with Gasteiger partial charge in [0.05, 0.1) is 17.6 Å². The highest BCUT2D eigenvalue weighted by molar-refractivity contribution is 5.37. The molecular weight excluding hydrogens is 296 g/mol. The molecule has 0 radical (unpaired) electrons. The first kappa shape index (κ1) is 16.8. The minimum atomic E-state index is -0.433. The Morgan fingerprint density at radius 2 is 1.65 bits per heavy atom. The van der Waals surface area contributed by atoms with Gasteiger partial charge in [-0.2, -0.15) is 0 Å². The van der Waals surface area contributed by atoms with E-state index in [4.69, 9.17) is 9.47 Å². The quantitative estimate of drug-likeness (QED) is 0.414. The fraction of sp³-hybridized carbons (Fsp3) is 0.294. The number of nitrogens with one attached hydrogen (secondary N) is 1. The number of hydrogen-bond donors (Lipinski definition) is 1. The Morgan fingerprint density at radius 1 is 0.913 bits per heavy atom. The summed E-state index contributed by atoms with van der Waals surface area (Å²) in [6.45, 7) is 2.61. The summed E-state index contributed by atoms with van der Waals surface area (Å²) in [6, 6.07) is 15.9. The highest BCUT2D eigenvalue weighted by Gasteiger charge is 2.05. The molecule has 0 aliphatic rings. The lowest BCUT2D eigenvalue weighted by Gasteiger charge is -2.08. The van der Waals surface area contributed by atoms with Crippen molar-refractivity contribution in [1.82, 2.24) is 5.32 Å². The van der Waals surface area contributed by atoms with E-state index in [1.807, 2.05) is 30.3 Å². The van der Waals surface area contributed by atoms with Crippen molar-refractivity contribution in [2.24, 2.45) is 0 Å². The molecule has 0 amide bonds. The molecule has 122 valence electrons. The van der Waals surface area contributed by atoms with Crippen molar-refractivity contribution < 1.29 is 14.4 Å². The third kappa shape index (κ3) is 6.36. The molecular formula is C17H20N2O4. The fourth-order valence-corrected chi connectivity index (χ4v) is 1.96. The van der Waals surface area contributed by atoms with Crippen molar-refractivity contribution in [3.05, 3.63) is 64.7 Å². The predicted octanol–water partition coefficient (Wildman–Crippen LogP) is 3.03. The Labute approximate surface area is 135 Å². The van der Waals surface area contributed by atoms with Gasteiger partial charge in [-0.3, -0.25) is 10.1 Å². The second-order valence-electron chi connectivity index (χ2n) is 4.87. The smallest absolute Gasteiger partial charge is 0.273 e. The van der Waals surface area contributed by atoms with E-state index in [1.165, 1.54) is 12.1 Å². The SMILES string of the molecule is O=[N+]([O-])c1cccc(OCCNCCCOc2ccccc2)c1. The minimum Gasteiger partial charge on any atom is -0.494 e. The number of non-ortho nitro benzene ring substituents is 1. The van der Waals surface area contributed by atoms with Gasteiger partial charge in [-0.05, 0) is 31.2 Å². The highest BCUT2D eigenvalue weighted by atomic mass is 16.6. The van der Waals surface area contributed by atoms with E-state index in [0.29, 0.717) is 25.5 Å². The van der Waals surface area contributed by atoms with Crippen molar-refractivity contribution in [2.45, 2.75) is 6.42 Å². The molecule has 2 aromatic rings. The van der Waals surface area contributed by atoms with Gasteiger partial charge in [-0.1, -0.05) is 24.3 Å². The van der Waals surface area contributed by atoms with Crippen LogP contribution in [-0.2, 0) is 0 Å². The predicted molar refractivity (Wildman–Crippen MR) is 88.0 cm³/mol. The van der Waals surface area contributed by atoms with Gasteiger partial charge < -0.3 is 14.8 Å². The van der Waals surface area contributed by atoms with Crippen LogP contribution in [0, 0.1) is 10.1 Å². The monoisotopic (exact) mass is 316 g/mol. The molecule has 0 aliphatic heterocycles. The number of nitro benzene ring substituents is 1. The van der Waals surface area contributed by atoms with Gasteiger partial charge in [0, 0.05) is 12.6 Å². The fourth-order valence-electron chi connectivity index (χ4n) is 1.96. The molecule has 6 heteroatoms. The zero-order chi connectivity index (χ0) is 16.3. The zero-order valence-electron chi connectivity index (χ0n) is 12.8. The third-order valence-electron chi connectivity index (χ3n) is 3.09. The van der Waals surface area contributed by atoms with Crippen LogP contribution < -0.4 is 14.8 Å². The summed E-state index contributed by atoms with van der Waals surface area (Å²) in [5.41, 5.74) is 0.0357. The molecule has 0 saturated heterocycles. The van der Waals surface area contributed by atoms with Gasteiger partial charge >= 0.3 is 0 Å². The lowest BCUT2D eigenvalue weighted by Crippen LogP contribution is -2.23. The second-order valence-corrected chi connectivity index (χ2v) is 4.87. The molecule has 0 spiro atoms. The molecule has 0 saturated carbocycles. The Balaban J connectivity index is 1.52. The first-order valence-corrected chi connectivity index (χ1v) is 7.51. The highest BCUT2D eigenvalue weighted by Crippen LogP contribution is 2.18. The topological polar surface area (TPSA) is 73.6 Å². The van der Waals surface area contributed by atoms with Gasteiger partial charge in [0.15, 0.2) is 0 Å². The second kappa shape index (κ2) is 9.42. The van der Waals surface area contributed by atoms with Gasteiger partial charge in [-0.25, -0.2) is 0 Å². The molecule has 0 aliphatic carbocycles. The van der Waals surface area contributed by atoms with Gasteiger partial charge in [-0.15, -0.1) is 0 Å². The molecule has 0 aromatic heterocycles. The molecule has 2 aromatic carbocycles. The van der Waals surface area contributed by atoms with Gasteiger partial charge in [0.25, 0.3) is 5.69 Å². The Morgan fingerprint density at radius 3 is 2.43 bits per heavy atom. The van der Waals surface area contributed by atoms with Crippen LogP contribution in [0.15, 0.2) is 54.6 Å². The number of nitrogens with zero attached hydrogens (tertiary/aromatic N) is 1. The zero-order valence-corrected chi connectivity index (χ0v) is 12.8. The van der Waals surface area contributed by atoms with E-state index in [-0.39, 0.29) is 5.69 Å². The molecule has 2 rings (SSSR count). The van der Waals surface area contributed by atoms with Crippen LogP contribution in [0.25, 0.3) is 0 Å². The number of para-hydroxylation sites is 1. The maximum atomic E-state index is 10.7. The summed E-state index contributed by atoms with van der Waals surface area (Å²) in [5, 5.41) is 13.9. The molecule has 23 heavy (non-hydrogen) atoms. The third-order valence-corrected chi connectivity index (χ3v) is 3.09.